The molecule has 0 aliphatic rings. The molecule has 0 aliphatic carbocycles. The summed E-state index contributed by atoms with van der Waals surface area (Å²) < 4.78 is 0. The fourth-order valence-electron chi connectivity index (χ4n) is 1.38. The van der Waals surface area contributed by atoms with Crippen molar-refractivity contribution in [2.45, 2.75) is 20.4 Å². The van der Waals surface area contributed by atoms with Crippen LogP contribution in [0, 0.1) is 13.8 Å². The highest BCUT2D eigenvalue weighted by Gasteiger charge is 1.98. The highest BCUT2D eigenvalue weighted by molar-refractivity contribution is 5.36. The number of nitrogens with one attached hydrogen (secondary N) is 2. The summed E-state index contributed by atoms with van der Waals surface area (Å²) in [5.41, 5.74) is 2.00. The Morgan fingerprint density at radius 2 is 2.20 bits per heavy atom. The van der Waals surface area contributed by atoms with Crippen molar-refractivity contribution in [3.8, 4) is 0 Å². The van der Waals surface area contributed by atoms with Crippen LogP contribution >= 0.6 is 0 Å². The van der Waals surface area contributed by atoms with Crippen LogP contribution in [0.25, 0.3) is 0 Å². The molecule has 0 aromatic carbocycles. The summed E-state index contributed by atoms with van der Waals surface area (Å²) in [7, 11) is 0. The van der Waals surface area contributed by atoms with Crippen LogP contribution in [0.1, 0.15) is 17.2 Å². The number of H-pyrrole nitrogens is 1. The number of rotatable bonds is 3. The van der Waals surface area contributed by atoms with Gasteiger partial charge in [-0.2, -0.15) is 5.10 Å². The van der Waals surface area contributed by atoms with E-state index in [2.05, 4.69) is 25.5 Å². The number of hydrogen-bond acceptors (Lipinski definition) is 4. The van der Waals surface area contributed by atoms with E-state index in [0.29, 0.717) is 6.54 Å². The fraction of sp³-hybridized carbons (Fsp3) is 0.300. The average Bonchev–Trinajstić information content (AvgIpc) is 2.65. The molecule has 0 amide bonds. The Morgan fingerprint density at radius 3 is 2.87 bits per heavy atom. The largest absolute Gasteiger partial charge is 0.364 e. The Kier molecular flexibility index (Phi) is 2.62. The number of nitrogens with zero attached hydrogens (tertiary/aromatic N) is 3. The Labute approximate surface area is 88.0 Å². The number of anilines is 1. The van der Waals surface area contributed by atoms with Crippen molar-refractivity contribution in [1.82, 2.24) is 20.2 Å². The molecule has 0 aliphatic heterocycles. The van der Waals surface area contributed by atoms with Crippen LogP contribution in [0.15, 0.2) is 18.3 Å². The molecule has 0 saturated carbocycles. The van der Waals surface area contributed by atoms with E-state index < -0.39 is 0 Å². The molecule has 78 valence electrons. The summed E-state index contributed by atoms with van der Waals surface area (Å²) in [4.78, 5) is 8.48. The first-order valence-corrected chi connectivity index (χ1v) is 4.78. The van der Waals surface area contributed by atoms with Gasteiger partial charge in [0.15, 0.2) is 0 Å². The molecule has 2 heterocycles. The first kappa shape index (κ1) is 9.64. The van der Waals surface area contributed by atoms with Crippen molar-refractivity contribution < 1.29 is 0 Å². The lowest BCUT2D eigenvalue weighted by molar-refractivity contribution is 0.953. The molecule has 2 aromatic heterocycles. The van der Waals surface area contributed by atoms with E-state index in [-0.39, 0.29) is 0 Å². The lowest BCUT2D eigenvalue weighted by Gasteiger charge is -2.05. The maximum absolute atomic E-state index is 4.28. The van der Waals surface area contributed by atoms with Crippen LogP contribution in [0.5, 0.6) is 0 Å². The molecule has 2 aromatic rings. The van der Waals surface area contributed by atoms with E-state index in [0.717, 1.165) is 23.0 Å². The minimum atomic E-state index is 0.690. The monoisotopic (exact) mass is 203 g/mol. The first-order valence-electron chi connectivity index (χ1n) is 4.78. The van der Waals surface area contributed by atoms with Gasteiger partial charge < -0.3 is 5.32 Å². The highest BCUT2D eigenvalue weighted by atomic mass is 15.1. The zero-order valence-electron chi connectivity index (χ0n) is 8.78. The van der Waals surface area contributed by atoms with Crippen molar-refractivity contribution in [3.05, 3.63) is 35.5 Å². The molecule has 0 atom stereocenters. The molecule has 0 fully saturated rings. The predicted octanol–water partition coefficient (Wildman–Crippen LogP) is 1.43. The highest BCUT2D eigenvalue weighted by Crippen LogP contribution is 2.06. The van der Waals surface area contributed by atoms with Gasteiger partial charge in [0.2, 0.25) is 0 Å². The molecule has 2 rings (SSSR count). The van der Waals surface area contributed by atoms with Gasteiger partial charge in [-0.15, -0.1) is 0 Å². The smallest absolute Gasteiger partial charge is 0.130 e. The van der Waals surface area contributed by atoms with Gasteiger partial charge in [0.1, 0.15) is 11.6 Å². The molecule has 0 spiro atoms. The van der Waals surface area contributed by atoms with Crippen molar-refractivity contribution in [1.29, 1.82) is 0 Å². The van der Waals surface area contributed by atoms with E-state index in [1.165, 1.54) is 0 Å². The van der Waals surface area contributed by atoms with Crippen LogP contribution in [0.3, 0.4) is 0 Å². The lowest BCUT2D eigenvalue weighted by atomic mass is 10.4. The minimum absolute atomic E-state index is 0.690. The second-order valence-corrected chi connectivity index (χ2v) is 3.38. The number of hydrogen-bond donors (Lipinski definition) is 2. The van der Waals surface area contributed by atoms with Crippen LogP contribution in [0.4, 0.5) is 5.82 Å². The van der Waals surface area contributed by atoms with Crippen LogP contribution in [0.2, 0.25) is 0 Å². The summed E-state index contributed by atoms with van der Waals surface area (Å²) in [5.74, 6) is 1.62. The van der Waals surface area contributed by atoms with Gasteiger partial charge >= 0.3 is 0 Å². The Morgan fingerprint density at radius 1 is 1.33 bits per heavy atom. The molecular weight excluding hydrogens is 190 g/mol. The molecule has 0 saturated heterocycles. The van der Waals surface area contributed by atoms with E-state index in [9.17, 15) is 0 Å². The van der Waals surface area contributed by atoms with Gasteiger partial charge in [0.05, 0.1) is 12.2 Å². The maximum atomic E-state index is 4.28. The Hall–Kier alpha value is -1.91. The molecule has 5 heteroatoms. The second kappa shape index (κ2) is 4.08. The minimum Gasteiger partial charge on any atom is -0.364 e. The third-order valence-corrected chi connectivity index (χ3v) is 1.98. The molecule has 0 radical (unpaired) electrons. The standard InChI is InChI=1S/C10H13N5/c1-7-5-10(14-8(2)13-7)11-6-9-3-4-12-15-9/h3-5H,6H2,1-2H3,(H,12,15)(H,11,13,14). The van der Waals surface area contributed by atoms with Crippen molar-refractivity contribution >= 4 is 5.82 Å². The number of aromatic amines is 1. The van der Waals surface area contributed by atoms with Gasteiger partial charge in [-0.1, -0.05) is 0 Å². The lowest BCUT2D eigenvalue weighted by Crippen LogP contribution is -2.04. The van der Waals surface area contributed by atoms with Crippen molar-refractivity contribution in [2.75, 3.05) is 5.32 Å². The summed E-state index contributed by atoms with van der Waals surface area (Å²) >= 11 is 0. The molecule has 0 bridgehead atoms. The quantitative estimate of drug-likeness (QED) is 0.791. The van der Waals surface area contributed by atoms with Crippen molar-refractivity contribution in [2.24, 2.45) is 0 Å². The van der Waals surface area contributed by atoms with E-state index in [1.807, 2.05) is 26.0 Å². The average molecular weight is 203 g/mol. The summed E-state index contributed by atoms with van der Waals surface area (Å²) in [6, 6.07) is 3.84. The Balaban J connectivity index is 2.05. The van der Waals surface area contributed by atoms with Gasteiger partial charge in [0.25, 0.3) is 0 Å². The second-order valence-electron chi connectivity index (χ2n) is 3.38. The van der Waals surface area contributed by atoms with Crippen LogP contribution < -0.4 is 5.32 Å². The zero-order valence-corrected chi connectivity index (χ0v) is 8.78. The van der Waals surface area contributed by atoms with Gasteiger partial charge in [-0.3, -0.25) is 5.10 Å². The third kappa shape index (κ3) is 2.52. The summed E-state index contributed by atoms with van der Waals surface area (Å²) in [6.45, 7) is 4.53. The van der Waals surface area contributed by atoms with Gasteiger partial charge in [-0.05, 0) is 19.9 Å². The normalized spacial score (nSPS) is 10.3. The van der Waals surface area contributed by atoms with E-state index in [4.69, 9.17) is 0 Å². The summed E-state index contributed by atoms with van der Waals surface area (Å²) in [5, 5.41) is 9.96. The van der Waals surface area contributed by atoms with E-state index in [1.54, 1.807) is 6.20 Å². The molecule has 0 unspecified atom stereocenters. The zero-order chi connectivity index (χ0) is 10.7. The molecule has 15 heavy (non-hydrogen) atoms. The third-order valence-electron chi connectivity index (χ3n) is 1.98. The fourth-order valence-corrected chi connectivity index (χ4v) is 1.38. The van der Waals surface area contributed by atoms with E-state index >= 15 is 0 Å². The number of aryl methyl sites for hydroxylation is 2. The number of aromatic nitrogens is 4. The molecular formula is C10H13N5. The molecule has 2 N–H and O–H groups in total. The topological polar surface area (TPSA) is 66.5 Å². The van der Waals surface area contributed by atoms with Crippen LogP contribution in [-0.2, 0) is 6.54 Å². The van der Waals surface area contributed by atoms with Gasteiger partial charge in [0, 0.05) is 18.0 Å². The predicted molar refractivity (Wildman–Crippen MR) is 57.4 cm³/mol. The summed E-state index contributed by atoms with van der Waals surface area (Å²) in [6.07, 6.45) is 1.73. The van der Waals surface area contributed by atoms with Crippen LogP contribution in [-0.4, -0.2) is 20.2 Å². The maximum Gasteiger partial charge on any atom is 0.130 e. The molecule has 5 nitrogen and oxygen atoms in total. The first-order chi connectivity index (χ1) is 7.24. The SMILES string of the molecule is Cc1cc(NCc2ccn[nH]2)nc(C)n1. The Bertz CT molecular complexity index is 415. The van der Waals surface area contributed by atoms with Crippen molar-refractivity contribution in [3.63, 3.8) is 0 Å². The van der Waals surface area contributed by atoms with Gasteiger partial charge in [-0.25, -0.2) is 9.97 Å².